The summed E-state index contributed by atoms with van der Waals surface area (Å²) in [5.41, 5.74) is 2.45. The summed E-state index contributed by atoms with van der Waals surface area (Å²) in [6.07, 6.45) is 4.49. The molecule has 1 unspecified atom stereocenters. The molecule has 0 aromatic heterocycles. The molecule has 0 spiro atoms. The fraction of sp³-hybridized carbons (Fsp3) is 0.412. The van der Waals surface area contributed by atoms with E-state index in [2.05, 4.69) is 16.0 Å². The third-order valence-corrected chi connectivity index (χ3v) is 4.88. The van der Waals surface area contributed by atoms with E-state index in [1.54, 1.807) is 0 Å². The normalized spacial score (nSPS) is 21.8. The second-order valence-electron chi connectivity index (χ2n) is 6.08. The Morgan fingerprint density at radius 1 is 1.26 bits per heavy atom. The first-order chi connectivity index (χ1) is 11.0. The minimum atomic E-state index is -0.262. The minimum absolute atomic E-state index is 0.0307. The molecular formula is C17H20ClN3OS. The highest BCUT2D eigenvalue weighted by Gasteiger charge is 2.31. The van der Waals surface area contributed by atoms with Crippen molar-refractivity contribution in [3.05, 3.63) is 46.1 Å². The van der Waals surface area contributed by atoms with Crippen LogP contribution in [0.2, 0.25) is 5.02 Å². The highest BCUT2D eigenvalue weighted by Crippen LogP contribution is 2.28. The van der Waals surface area contributed by atoms with Gasteiger partial charge in [0.15, 0.2) is 5.11 Å². The van der Waals surface area contributed by atoms with Crippen LogP contribution in [0.3, 0.4) is 0 Å². The molecule has 0 radical (unpaired) electrons. The van der Waals surface area contributed by atoms with Crippen LogP contribution < -0.4 is 16.0 Å². The van der Waals surface area contributed by atoms with Crippen LogP contribution in [0.1, 0.15) is 44.2 Å². The molecule has 1 amide bonds. The number of hydrogen-bond donors (Lipinski definition) is 3. The third kappa shape index (κ3) is 3.67. The Bertz CT molecular complexity index is 650. The fourth-order valence-corrected chi connectivity index (χ4v) is 3.63. The summed E-state index contributed by atoms with van der Waals surface area (Å²) in [4.78, 5) is 12.8. The highest BCUT2D eigenvalue weighted by atomic mass is 35.5. The Labute approximate surface area is 146 Å². The number of carbonyl (C=O) groups is 1. The molecule has 1 aromatic carbocycles. The number of nitrogens with one attached hydrogen (secondary N) is 3. The van der Waals surface area contributed by atoms with Crippen LogP contribution in [-0.2, 0) is 4.79 Å². The monoisotopic (exact) mass is 349 g/mol. The van der Waals surface area contributed by atoms with E-state index in [-0.39, 0.29) is 18.0 Å². The van der Waals surface area contributed by atoms with E-state index in [9.17, 15) is 4.79 Å². The summed E-state index contributed by atoms with van der Waals surface area (Å²) in [5.74, 6) is -0.0307. The van der Waals surface area contributed by atoms with Gasteiger partial charge in [-0.1, -0.05) is 36.6 Å². The van der Waals surface area contributed by atoms with Crippen molar-refractivity contribution in [3.8, 4) is 0 Å². The Morgan fingerprint density at radius 2 is 1.91 bits per heavy atom. The van der Waals surface area contributed by atoms with E-state index in [0.29, 0.717) is 15.7 Å². The third-order valence-electron chi connectivity index (χ3n) is 4.41. The minimum Gasteiger partial charge on any atom is -0.351 e. The van der Waals surface area contributed by atoms with Crippen molar-refractivity contribution < 1.29 is 4.79 Å². The lowest BCUT2D eigenvalue weighted by Crippen LogP contribution is -2.47. The molecule has 1 aliphatic carbocycles. The van der Waals surface area contributed by atoms with Crippen LogP contribution in [0.5, 0.6) is 0 Å². The molecule has 122 valence electrons. The van der Waals surface area contributed by atoms with Crippen molar-refractivity contribution in [1.82, 2.24) is 16.0 Å². The van der Waals surface area contributed by atoms with E-state index in [0.717, 1.165) is 24.1 Å². The van der Waals surface area contributed by atoms with Gasteiger partial charge in [0.25, 0.3) is 5.91 Å². The van der Waals surface area contributed by atoms with Gasteiger partial charge in [-0.15, -0.1) is 0 Å². The van der Waals surface area contributed by atoms with E-state index >= 15 is 0 Å². The standard InChI is InChI=1S/C17H20ClN3OS/c1-10-14(16(22)20-13-4-2-3-5-13)15(21-17(23)19-10)11-6-8-12(18)9-7-11/h6-9,13,15H,2-5H2,1H3,(H,20,22)(H2,19,21,23). The lowest BCUT2D eigenvalue weighted by atomic mass is 9.94. The molecule has 23 heavy (non-hydrogen) atoms. The van der Waals surface area contributed by atoms with Gasteiger partial charge < -0.3 is 16.0 Å². The number of allylic oxidation sites excluding steroid dienone is 1. The highest BCUT2D eigenvalue weighted by molar-refractivity contribution is 7.80. The van der Waals surface area contributed by atoms with Gasteiger partial charge in [-0.2, -0.15) is 0 Å². The lowest BCUT2D eigenvalue weighted by Gasteiger charge is -2.31. The van der Waals surface area contributed by atoms with Gasteiger partial charge in [-0.3, -0.25) is 4.79 Å². The van der Waals surface area contributed by atoms with Gasteiger partial charge in [0.2, 0.25) is 0 Å². The molecule has 1 heterocycles. The number of rotatable bonds is 3. The maximum Gasteiger partial charge on any atom is 0.251 e. The summed E-state index contributed by atoms with van der Waals surface area (Å²) >= 11 is 11.2. The van der Waals surface area contributed by atoms with Crippen LogP contribution in [-0.4, -0.2) is 17.1 Å². The molecule has 6 heteroatoms. The Balaban J connectivity index is 1.88. The molecule has 3 N–H and O–H groups in total. The average Bonchev–Trinajstić information content (AvgIpc) is 3.00. The smallest absolute Gasteiger partial charge is 0.251 e. The molecule has 2 aliphatic rings. The molecule has 1 aromatic rings. The molecular weight excluding hydrogens is 330 g/mol. The molecule has 4 nitrogen and oxygen atoms in total. The maximum absolute atomic E-state index is 12.8. The summed E-state index contributed by atoms with van der Waals surface area (Å²) < 4.78 is 0. The van der Waals surface area contributed by atoms with Gasteiger partial charge in [-0.25, -0.2) is 0 Å². The topological polar surface area (TPSA) is 53.2 Å². The fourth-order valence-electron chi connectivity index (χ4n) is 3.23. The number of benzene rings is 1. The summed E-state index contributed by atoms with van der Waals surface area (Å²) in [5, 5.41) is 10.6. The van der Waals surface area contributed by atoms with Crippen LogP contribution in [0, 0.1) is 0 Å². The molecule has 1 atom stereocenters. The average molecular weight is 350 g/mol. The zero-order chi connectivity index (χ0) is 16.4. The molecule has 0 bridgehead atoms. The van der Waals surface area contributed by atoms with Crippen molar-refractivity contribution in [2.75, 3.05) is 0 Å². The molecule has 1 aliphatic heterocycles. The van der Waals surface area contributed by atoms with Gasteiger partial charge in [0.05, 0.1) is 11.6 Å². The quantitative estimate of drug-likeness (QED) is 0.733. The summed E-state index contributed by atoms with van der Waals surface area (Å²) in [6.45, 7) is 1.89. The van der Waals surface area contributed by atoms with E-state index in [1.807, 2.05) is 31.2 Å². The Hall–Kier alpha value is -1.59. The molecule has 1 fully saturated rings. The van der Waals surface area contributed by atoms with Gasteiger partial charge in [0, 0.05) is 16.8 Å². The first kappa shape index (κ1) is 16.3. The largest absolute Gasteiger partial charge is 0.351 e. The number of thiocarbonyl (C=S) groups is 1. The van der Waals surface area contributed by atoms with Crippen LogP contribution in [0.4, 0.5) is 0 Å². The second-order valence-corrected chi connectivity index (χ2v) is 6.92. The molecule has 3 rings (SSSR count). The van der Waals surface area contributed by atoms with Crippen LogP contribution in [0.15, 0.2) is 35.5 Å². The molecule has 0 saturated heterocycles. The number of carbonyl (C=O) groups excluding carboxylic acids is 1. The van der Waals surface area contributed by atoms with Crippen LogP contribution >= 0.6 is 23.8 Å². The summed E-state index contributed by atoms with van der Waals surface area (Å²) in [6, 6.07) is 7.51. The zero-order valence-corrected chi connectivity index (χ0v) is 14.6. The molecule has 1 saturated carbocycles. The Morgan fingerprint density at radius 3 is 2.57 bits per heavy atom. The number of hydrogen-bond acceptors (Lipinski definition) is 2. The van der Waals surface area contributed by atoms with E-state index in [1.165, 1.54) is 12.8 Å². The number of halogens is 1. The maximum atomic E-state index is 12.8. The van der Waals surface area contributed by atoms with Gasteiger partial charge >= 0.3 is 0 Å². The van der Waals surface area contributed by atoms with Crippen molar-refractivity contribution in [2.45, 2.75) is 44.7 Å². The first-order valence-corrected chi connectivity index (χ1v) is 8.68. The first-order valence-electron chi connectivity index (χ1n) is 7.89. The number of amides is 1. The predicted molar refractivity (Wildman–Crippen MR) is 96.2 cm³/mol. The SMILES string of the molecule is CC1=C(C(=O)NC2CCCC2)C(c2ccc(Cl)cc2)NC(=S)N1. The second kappa shape index (κ2) is 6.89. The zero-order valence-electron chi connectivity index (χ0n) is 13.0. The van der Waals surface area contributed by atoms with Crippen molar-refractivity contribution in [3.63, 3.8) is 0 Å². The van der Waals surface area contributed by atoms with Crippen LogP contribution in [0.25, 0.3) is 0 Å². The van der Waals surface area contributed by atoms with Gasteiger partial charge in [0.1, 0.15) is 0 Å². The lowest BCUT2D eigenvalue weighted by molar-refractivity contribution is -0.118. The van der Waals surface area contributed by atoms with E-state index < -0.39 is 0 Å². The Kier molecular flexibility index (Phi) is 4.87. The van der Waals surface area contributed by atoms with Crippen molar-refractivity contribution in [2.24, 2.45) is 0 Å². The van der Waals surface area contributed by atoms with Crippen molar-refractivity contribution >= 4 is 34.8 Å². The van der Waals surface area contributed by atoms with E-state index in [4.69, 9.17) is 23.8 Å². The predicted octanol–water partition coefficient (Wildman–Crippen LogP) is 3.19. The van der Waals surface area contributed by atoms with Gasteiger partial charge in [-0.05, 0) is 49.7 Å². The summed E-state index contributed by atoms with van der Waals surface area (Å²) in [7, 11) is 0. The van der Waals surface area contributed by atoms with Crippen molar-refractivity contribution in [1.29, 1.82) is 0 Å².